The highest BCUT2D eigenvalue weighted by molar-refractivity contribution is 7.92. The quantitative estimate of drug-likeness (QED) is 0.740. The second-order valence-electron chi connectivity index (χ2n) is 4.80. The first-order valence-corrected chi connectivity index (χ1v) is 7.76. The van der Waals surface area contributed by atoms with E-state index < -0.39 is 9.84 Å². The van der Waals surface area contributed by atoms with Gasteiger partial charge in [0.15, 0.2) is 9.84 Å². The Balaban J connectivity index is 1.86. The Kier molecular flexibility index (Phi) is 3.24. The molecule has 2 aliphatic rings. The molecule has 2 rings (SSSR count). The van der Waals surface area contributed by atoms with Gasteiger partial charge in [-0.1, -0.05) is 19.8 Å². The van der Waals surface area contributed by atoms with Gasteiger partial charge in [-0.3, -0.25) is 4.79 Å². The van der Waals surface area contributed by atoms with Crippen LogP contribution in [0.2, 0.25) is 0 Å². The van der Waals surface area contributed by atoms with E-state index in [1.54, 1.807) is 11.8 Å². The second kappa shape index (κ2) is 4.35. The fraction of sp³-hybridized carbons (Fsp3) is 0.909. The molecule has 1 heterocycles. The van der Waals surface area contributed by atoms with Crippen LogP contribution >= 0.6 is 0 Å². The zero-order valence-corrected chi connectivity index (χ0v) is 10.5. The monoisotopic (exact) mass is 245 g/mol. The number of hydrogen-bond acceptors (Lipinski definition) is 3. The lowest BCUT2D eigenvalue weighted by molar-refractivity contribution is -0.138. The second-order valence-corrected chi connectivity index (χ2v) is 7.37. The highest BCUT2D eigenvalue weighted by atomic mass is 32.2. The molecule has 92 valence electrons. The van der Waals surface area contributed by atoms with E-state index in [1.807, 2.05) is 0 Å². The fourth-order valence-corrected chi connectivity index (χ4v) is 3.80. The minimum absolute atomic E-state index is 0.172. The molecule has 0 aromatic heterocycles. The molecule has 1 amide bonds. The molecule has 1 saturated heterocycles. The molecule has 0 radical (unpaired) electrons. The van der Waals surface area contributed by atoms with Crippen LogP contribution in [0.4, 0.5) is 0 Å². The predicted molar refractivity (Wildman–Crippen MR) is 61.8 cm³/mol. The summed E-state index contributed by atoms with van der Waals surface area (Å²) in [7, 11) is -2.95. The third-order valence-corrected chi connectivity index (χ3v) is 5.89. The first kappa shape index (κ1) is 11.9. The average Bonchev–Trinajstić information content (AvgIpc) is 2.67. The number of amides is 1. The van der Waals surface area contributed by atoms with Crippen molar-refractivity contribution in [1.29, 1.82) is 0 Å². The standard InChI is InChI=1S/C11H19NO3S/c1-2-16(14,15)10-7-12(8-10)11(13)9-5-3-4-6-9/h9-10H,2-8H2,1H3. The number of hydrogen-bond donors (Lipinski definition) is 0. The summed E-state index contributed by atoms with van der Waals surface area (Å²) < 4.78 is 23.1. The van der Waals surface area contributed by atoms with Crippen LogP contribution in [-0.4, -0.2) is 43.3 Å². The van der Waals surface area contributed by atoms with Gasteiger partial charge in [0, 0.05) is 24.8 Å². The molecule has 0 spiro atoms. The number of carbonyl (C=O) groups excluding carboxylic acids is 1. The van der Waals surface area contributed by atoms with E-state index in [0.717, 1.165) is 25.7 Å². The molecule has 0 atom stereocenters. The lowest BCUT2D eigenvalue weighted by Gasteiger charge is -2.39. The van der Waals surface area contributed by atoms with Crippen LogP contribution in [0.1, 0.15) is 32.6 Å². The summed E-state index contributed by atoms with van der Waals surface area (Å²) in [6, 6.07) is 0. The van der Waals surface area contributed by atoms with Crippen molar-refractivity contribution >= 4 is 15.7 Å². The molecule has 2 fully saturated rings. The fourth-order valence-electron chi connectivity index (χ4n) is 2.51. The highest BCUT2D eigenvalue weighted by Crippen LogP contribution is 2.29. The van der Waals surface area contributed by atoms with E-state index in [9.17, 15) is 13.2 Å². The topological polar surface area (TPSA) is 54.5 Å². The third-order valence-electron chi connectivity index (χ3n) is 3.77. The molecule has 4 nitrogen and oxygen atoms in total. The van der Waals surface area contributed by atoms with Crippen LogP contribution < -0.4 is 0 Å². The Morgan fingerprint density at radius 1 is 1.25 bits per heavy atom. The number of carbonyl (C=O) groups is 1. The molecule has 1 saturated carbocycles. The van der Waals surface area contributed by atoms with Crippen molar-refractivity contribution in [2.24, 2.45) is 5.92 Å². The maximum Gasteiger partial charge on any atom is 0.225 e. The van der Waals surface area contributed by atoms with E-state index in [0.29, 0.717) is 13.1 Å². The molecule has 1 aliphatic heterocycles. The minimum Gasteiger partial charge on any atom is -0.340 e. The maximum absolute atomic E-state index is 11.9. The zero-order valence-electron chi connectivity index (χ0n) is 9.68. The van der Waals surface area contributed by atoms with Crippen molar-refractivity contribution in [3.8, 4) is 0 Å². The van der Waals surface area contributed by atoms with Gasteiger partial charge in [-0.2, -0.15) is 0 Å². The van der Waals surface area contributed by atoms with Gasteiger partial charge in [0.2, 0.25) is 5.91 Å². The number of likely N-dealkylation sites (tertiary alicyclic amines) is 1. The van der Waals surface area contributed by atoms with Gasteiger partial charge in [0.25, 0.3) is 0 Å². The summed E-state index contributed by atoms with van der Waals surface area (Å²) in [5.74, 6) is 0.536. The minimum atomic E-state index is -2.95. The predicted octanol–water partition coefficient (Wildman–Crippen LogP) is 0.822. The summed E-state index contributed by atoms with van der Waals surface area (Å²) in [5.41, 5.74) is 0. The third kappa shape index (κ3) is 2.10. The SMILES string of the molecule is CCS(=O)(=O)C1CN(C(=O)C2CCCC2)C1. The molecule has 0 aromatic carbocycles. The first-order valence-electron chi connectivity index (χ1n) is 6.05. The van der Waals surface area contributed by atoms with Crippen molar-refractivity contribution in [3.63, 3.8) is 0 Å². The summed E-state index contributed by atoms with van der Waals surface area (Å²) >= 11 is 0. The average molecular weight is 245 g/mol. The van der Waals surface area contributed by atoms with E-state index in [2.05, 4.69) is 0 Å². The van der Waals surface area contributed by atoms with Crippen LogP contribution in [0, 0.1) is 5.92 Å². The van der Waals surface area contributed by atoms with Crippen molar-refractivity contribution in [3.05, 3.63) is 0 Å². The highest BCUT2D eigenvalue weighted by Gasteiger charge is 2.40. The molecule has 0 N–H and O–H groups in total. The number of rotatable bonds is 3. The van der Waals surface area contributed by atoms with Crippen LogP contribution in [0.3, 0.4) is 0 Å². The largest absolute Gasteiger partial charge is 0.340 e. The molecule has 0 aromatic rings. The lowest BCUT2D eigenvalue weighted by Crippen LogP contribution is -2.58. The van der Waals surface area contributed by atoms with Crippen molar-refractivity contribution in [2.45, 2.75) is 37.9 Å². The lowest BCUT2D eigenvalue weighted by atomic mass is 10.0. The Morgan fingerprint density at radius 3 is 2.31 bits per heavy atom. The first-order chi connectivity index (χ1) is 7.54. The maximum atomic E-state index is 11.9. The van der Waals surface area contributed by atoms with Crippen molar-refractivity contribution < 1.29 is 13.2 Å². The number of sulfone groups is 1. The van der Waals surface area contributed by atoms with Crippen molar-refractivity contribution in [1.82, 2.24) is 4.90 Å². The van der Waals surface area contributed by atoms with Gasteiger partial charge in [0.05, 0.1) is 5.25 Å². The molecular formula is C11H19NO3S. The van der Waals surface area contributed by atoms with E-state index in [4.69, 9.17) is 0 Å². The van der Waals surface area contributed by atoms with E-state index in [1.165, 1.54) is 0 Å². The smallest absolute Gasteiger partial charge is 0.225 e. The van der Waals surface area contributed by atoms with E-state index >= 15 is 0 Å². The van der Waals surface area contributed by atoms with Gasteiger partial charge in [-0.25, -0.2) is 8.42 Å². The van der Waals surface area contributed by atoms with Gasteiger partial charge in [-0.15, -0.1) is 0 Å². The van der Waals surface area contributed by atoms with Gasteiger partial charge < -0.3 is 4.90 Å². The van der Waals surface area contributed by atoms with Crippen LogP contribution in [-0.2, 0) is 14.6 Å². The van der Waals surface area contributed by atoms with Crippen LogP contribution in [0.5, 0.6) is 0 Å². The summed E-state index contributed by atoms with van der Waals surface area (Å²) in [6.45, 7) is 2.51. The Hall–Kier alpha value is -0.580. The number of nitrogens with zero attached hydrogens (tertiary/aromatic N) is 1. The normalized spacial score (nSPS) is 23.4. The molecule has 0 bridgehead atoms. The van der Waals surface area contributed by atoms with Crippen LogP contribution in [0.15, 0.2) is 0 Å². The Bertz CT molecular complexity index is 365. The molecule has 5 heteroatoms. The molecule has 1 aliphatic carbocycles. The van der Waals surface area contributed by atoms with E-state index in [-0.39, 0.29) is 22.8 Å². The van der Waals surface area contributed by atoms with Gasteiger partial charge in [0.1, 0.15) is 0 Å². The summed E-state index contributed by atoms with van der Waals surface area (Å²) in [4.78, 5) is 13.6. The molecule has 0 unspecified atom stereocenters. The zero-order chi connectivity index (χ0) is 11.8. The van der Waals surface area contributed by atoms with Gasteiger partial charge in [-0.05, 0) is 12.8 Å². The molecule has 16 heavy (non-hydrogen) atoms. The van der Waals surface area contributed by atoms with Crippen molar-refractivity contribution in [2.75, 3.05) is 18.8 Å². The Labute approximate surface area is 96.9 Å². The summed E-state index contributed by atoms with van der Waals surface area (Å²) in [5, 5.41) is -0.303. The van der Waals surface area contributed by atoms with Crippen LogP contribution in [0.25, 0.3) is 0 Å². The van der Waals surface area contributed by atoms with Gasteiger partial charge >= 0.3 is 0 Å². The molecular weight excluding hydrogens is 226 g/mol. The summed E-state index contributed by atoms with van der Waals surface area (Å²) in [6.07, 6.45) is 4.25. The Morgan fingerprint density at radius 2 is 1.81 bits per heavy atom.